The summed E-state index contributed by atoms with van der Waals surface area (Å²) in [7, 11) is -3.90. The minimum Gasteiger partial charge on any atom is -0.478 e. The lowest BCUT2D eigenvalue weighted by Gasteiger charge is -2.05. The van der Waals surface area contributed by atoms with Crippen LogP contribution >= 0.6 is 0 Å². The third-order valence-electron chi connectivity index (χ3n) is 1.15. The largest absolute Gasteiger partial charge is 0.478 e. The Hall–Kier alpha value is -1.97. The molecule has 8 nitrogen and oxygen atoms in total. The number of carbonyl (C=O) groups excluding carboxylic acids is 1. The third-order valence-corrected chi connectivity index (χ3v) is 1.57. The molecule has 0 amide bonds. The molecule has 0 aliphatic carbocycles. The van der Waals surface area contributed by atoms with Gasteiger partial charge in [-0.3, -0.25) is 4.55 Å². The van der Waals surface area contributed by atoms with Crippen molar-refractivity contribution < 1.29 is 37.5 Å². The smallest absolute Gasteiger partial charge is 0.332 e. The van der Waals surface area contributed by atoms with Gasteiger partial charge in [0.2, 0.25) is 6.29 Å². The number of hydrogen-bond acceptors (Lipinski definition) is 6. The van der Waals surface area contributed by atoms with Crippen molar-refractivity contribution in [2.24, 2.45) is 0 Å². The van der Waals surface area contributed by atoms with Crippen molar-refractivity contribution in [1.82, 2.24) is 0 Å². The topological polar surface area (TPSA) is 138 Å². The van der Waals surface area contributed by atoms with Crippen LogP contribution in [0.1, 0.15) is 13.3 Å². The Kier molecular flexibility index (Phi) is 15.6. The maximum atomic E-state index is 10.3. The first-order valence-corrected chi connectivity index (χ1v) is 6.50. The third kappa shape index (κ3) is 29.8. The van der Waals surface area contributed by atoms with Crippen molar-refractivity contribution in [3.05, 3.63) is 37.3 Å². The van der Waals surface area contributed by atoms with Crippen LogP contribution in [0.3, 0.4) is 0 Å². The lowest BCUT2D eigenvalue weighted by molar-refractivity contribution is -0.161. The highest BCUT2D eigenvalue weighted by Gasteiger charge is 2.02. The van der Waals surface area contributed by atoms with Gasteiger partial charge in [-0.1, -0.05) is 26.7 Å². The Morgan fingerprint density at radius 3 is 1.75 bits per heavy atom. The number of rotatable bonds is 5. The normalized spacial score (nSPS) is 10.3. The Balaban J connectivity index is -0.000000230. The van der Waals surface area contributed by atoms with Crippen LogP contribution in [0.2, 0.25) is 0 Å². The van der Waals surface area contributed by atoms with Crippen LogP contribution in [0, 0.1) is 0 Å². The van der Waals surface area contributed by atoms with Gasteiger partial charge >= 0.3 is 11.9 Å². The Labute approximate surface area is 117 Å². The van der Waals surface area contributed by atoms with Crippen LogP contribution in [-0.2, 0) is 24.4 Å². The maximum Gasteiger partial charge on any atom is 0.332 e. The Bertz CT molecular complexity index is 412. The molecule has 0 aromatic heterocycles. The van der Waals surface area contributed by atoms with Crippen LogP contribution < -0.4 is 0 Å². The number of hydrogen-bond donors (Lipinski definition) is 3. The zero-order chi connectivity index (χ0) is 16.8. The van der Waals surface area contributed by atoms with E-state index in [-0.39, 0.29) is 0 Å². The highest BCUT2D eigenvalue weighted by Crippen LogP contribution is 1.92. The van der Waals surface area contributed by atoms with E-state index in [1.807, 2.05) is 0 Å². The summed E-state index contributed by atoms with van der Waals surface area (Å²) < 4.78 is 30.9. The number of aliphatic hydroxyl groups is 1. The Morgan fingerprint density at radius 2 is 1.60 bits per heavy atom. The van der Waals surface area contributed by atoms with E-state index in [9.17, 15) is 18.0 Å². The number of esters is 1. The highest BCUT2D eigenvalue weighted by atomic mass is 32.2. The second-order valence-corrected chi connectivity index (χ2v) is 4.09. The summed E-state index contributed by atoms with van der Waals surface area (Å²) in [4.78, 5) is 19.5. The van der Waals surface area contributed by atoms with Crippen LogP contribution in [0.25, 0.3) is 0 Å². The van der Waals surface area contributed by atoms with Crippen LogP contribution in [0.4, 0.5) is 0 Å². The minimum atomic E-state index is -3.90. The molecule has 0 spiro atoms. The van der Waals surface area contributed by atoms with E-state index >= 15 is 0 Å². The standard InChI is InChI=1S/C6H10O3.C3H4O2.C2H4O3S/c1-3-5(7)9-6(8)4-2;1-2-3(4)5;1-2-6(3,4)5/h3,6,8H,1,4H2,2H3;2H,1H2,(H,4,5);2H,1H2,(H,3,4,5). The minimum absolute atomic E-state index is 0.402. The molecule has 0 saturated heterocycles. The van der Waals surface area contributed by atoms with Crippen LogP contribution in [-0.4, -0.2) is 41.4 Å². The molecule has 0 aromatic carbocycles. The van der Waals surface area contributed by atoms with Gasteiger partial charge in [0.15, 0.2) is 0 Å². The van der Waals surface area contributed by atoms with Crippen molar-refractivity contribution in [3.8, 4) is 0 Å². The summed E-state index contributed by atoms with van der Waals surface area (Å²) in [5.41, 5.74) is 0. The predicted octanol–water partition coefficient (Wildman–Crippen LogP) is 0.719. The quantitative estimate of drug-likeness (QED) is 0.292. The first kappa shape index (κ1) is 23.1. The molecule has 0 aliphatic heterocycles. The molecule has 0 saturated carbocycles. The molecule has 0 fully saturated rings. The van der Waals surface area contributed by atoms with E-state index in [1.165, 1.54) is 0 Å². The molecule has 0 bridgehead atoms. The van der Waals surface area contributed by atoms with Gasteiger partial charge in [0.1, 0.15) is 0 Å². The van der Waals surface area contributed by atoms with E-state index < -0.39 is 28.3 Å². The molecule has 0 heterocycles. The zero-order valence-corrected chi connectivity index (χ0v) is 11.7. The molecule has 0 aliphatic rings. The fourth-order valence-electron chi connectivity index (χ4n) is 0.266. The molecular weight excluding hydrogens is 292 g/mol. The van der Waals surface area contributed by atoms with Gasteiger partial charge in [0, 0.05) is 18.6 Å². The molecule has 9 heteroatoms. The van der Waals surface area contributed by atoms with E-state index in [4.69, 9.17) is 14.8 Å². The van der Waals surface area contributed by atoms with E-state index in [0.717, 1.165) is 12.2 Å². The zero-order valence-electron chi connectivity index (χ0n) is 10.9. The van der Waals surface area contributed by atoms with Crippen molar-refractivity contribution in [1.29, 1.82) is 0 Å². The van der Waals surface area contributed by atoms with E-state index in [2.05, 4.69) is 24.5 Å². The average molecular weight is 310 g/mol. The molecule has 0 radical (unpaired) electrons. The number of carbonyl (C=O) groups is 2. The molecular formula is C11H18O8S. The highest BCUT2D eigenvalue weighted by molar-refractivity contribution is 7.88. The van der Waals surface area contributed by atoms with Gasteiger partial charge in [-0.25, -0.2) is 9.59 Å². The summed E-state index contributed by atoms with van der Waals surface area (Å²) in [5.74, 6) is -1.57. The van der Waals surface area contributed by atoms with Crippen LogP contribution in [0.15, 0.2) is 37.3 Å². The van der Waals surface area contributed by atoms with Crippen molar-refractivity contribution in [2.75, 3.05) is 0 Å². The van der Waals surface area contributed by atoms with Gasteiger partial charge < -0.3 is 14.9 Å². The van der Waals surface area contributed by atoms with Gasteiger partial charge in [0.05, 0.1) is 5.41 Å². The number of ether oxygens (including phenoxy) is 1. The number of carboxylic acids is 1. The second kappa shape index (κ2) is 13.5. The summed E-state index contributed by atoms with van der Waals surface area (Å²) in [5, 5.41) is 16.7. The molecule has 20 heavy (non-hydrogen) atoms. The monoisotopic (exact) mass is 310 g/mol. The number of carboxylic acid groups (broad SMARTS) is 1. The summed E-state index contributed by atoms with van der Waals surface area (Å²) in [6.45, 7) is 10.6. The first-order valence-electron chi connectivity index (χ1n) is 5.00. The van der Waals surface area contributed by atoms with Crippen LogP contribution in [0.5, 0.6) is 0 Å². The van der Waals surface area contributed by atoms with Gasteiger partial charge in [-0.2, -0.15) is 8.42 Å². The predicted molar refractivity (Wildman–Crippen MR) is 72.2 cm³/mol. The van der Waals surface area contributed by atoms with Gasteiger partial charge in [-0.05, 0) is 0 Å². The van der Waals surface area contributed by atoms with Crippen molar-refractivity contribution in [2.45, 2.75) is 19.6 Å². The SMILES string of the molecule is C=CC(=O)O.C=CC(=O)OC(O)CC.C=CS(=O)(=O)O. The summed E-state index contributed by atoms with van der Waals surface area (Å²) in [6.07, 6.45) is 1.26. The van der Waals surface area contributed by atoms with E-state index in [1.54, 1.807) is 6.92 Å². The van der Waals surface area contributed by atoms with Gasteiger partial charge in [-0.15, -0.1) is 0 Å². The molecule has 3 N–H and O–H groups in total. The lowest BCUT2D eigenvalue weighted by Crippen LogP contribution is -2.14. The van der Waals surface area contributed by atoms with E-state index in [0.29, 0.717) is 11.8 Å². The second-order valence-electron chi connectivity index (χ2n) is 2.73. The molecule has 1 atom stereocenters. The average Bonchev–Trinajstić information content (AvgIpc) is 2.38. The summed E-state index contributed by atoms with van der Waals surface area (Å²) in [6, 6.07) is 0. The first-order chi connectivity index (χ1) is 9.03. The summed E-state index contributed by atoms with van der Waals surface area (Å²) >= 11 is 0. The maximum absolute atomic E-state index is 10.3. The molecule has 0 aromatic rings. The molecule has 0 rings (SSSR count). The van der Waals surface area contributed by atoms with Crippen molar-refractivity contribution in [3.63, 3.8) is 0 Å². The Morgan fingerprint density at radius 1 is 1.25 bits per heavy atom. The lowest BCUT2D eigenvalue weighted by atomic mass is 10.5. The fraction of sp³-hybridized carbons (Fsp3) is 0.273. The molecule has 116 valence electrons. The molecule has 1 unspecified atom stereocenters. The van der Waals surface area contributed by atoms with Gasteiger partial charge in [0.25, 0.3) is 10.1 Å². The fourth-order valence-corrected chi connectivity index (χ4v) is 0.266. The number of aliphatic hydroxyl groups excluding tert-OH is 1. The van der Waals surface area contributed by atoms with Crippen molar-refractivity contribution >= 4 is 22.1 Å². The number of aliphatic carboxylic acids is 1.